The van der Waals surface area contributed by atoms with Gasteiger partial charge < -0.3 is 9.84 Å². The van der Waals surface area contributed by atoms with E-state index in [4.69, 9.17) is 4.74 Å². The van der Waals surface area contributed by atoms with Crippen molar-refractivity contribution in [3.63, 3.8) is 0 Å². The van der Waals surface area contributed by atoms with Crippen molar-refractivity contribution in [1.29, 1.82) is 0 Å². The second-order valence-corrected chi connectivity index (χ2v) is 6.11. The second kappa shape index (κ2) is 5.59. The Hall–Kier alpha value is -0.580. The van der Waals surface area contributed by atoms with Gasteiger partial charge in [0.1, 0.15) is 5.75 Å². The van der Waals surface area contributed by atoms with E-state index in [1.807, 2.05) is 12.1 Å². The van der Waals surface area contributed by atoms with E-state index in [1.165, 1.54) is 12.0 Å². The van der Waals surface area contributed by atoms with E-state index >= 15 is 0 Å². The van der Waals surface area contributed by atoms with Gasteiger partial charge in [-0.15, -0.1) is 0 Å². The molecule has 1 N–H and O–H groups in total. The summed E-state index contributed by atoms with van der Waals surface area (Å²) in [4.78, 5) is 2.41. The van der Waals surface area contributed by atoms with E-state index in [0.29, 0.717) is 5.75 Å². The summed E-state index contributed by atoms with van der Waals surface area (Å²) in [6, 6.07) is 5.69. The number of phenols is 1. The molecule has 3 nitrogen and oxygen atoms in total. The van der Waals surface area contributed by atoms with Crippen molar-refractivity contribution in [3.8, 4) is 5.75 Å². The predicted octanol–water partition coefficient (Wildman–Crippen LogP) is 3.16. The highest BCUT2D eigenvalue weighted by molar-refractivity contribution is 9.10. The molecule has 1 aromatic rings. The summed E-state index contributed by atoms with van der Waals surface area (Å²) in [5, 5.41) is 9.49. The minimum atomic E-state index is -0.0214. The quantitative estimate of drug-likeness (QED) is 0.930. The number of halogens is 1. The van der Waals surface area contributed by atoms with Gasteiger partial charge in [-0.05, 0) is 59.9 Å². The van der Waals surface area contributed by atoms with Crippen LogP contribution >= 0.6 is 15.9 Å². The molecular weight excluding hydrogens is 294 g/mol. The maximum Gasteiger partial charge on any atom is 0.129 e. The first-order valence-corrected chi connectivity index (χ1v) is 7.07. The van der Waals surface area contributed by atoms with Crippen molar-refractivity contribution in [2.75, 3.05) is 20.2 Å². The molecule has 4 heteroatoms. The van der Waals surface area contributed by atoms with Crippen molar-refractivity contribution < 1.29 is 9.84 Å². The van der Waals surface area contributed by atoms with Crippen LogP contribution in [0.15, 0.2) is 22.7 Å². The summed E-state index contributed by atoms with van der Waals surface area (Å²) < 4.78 is 6.35. The van der Waals surface area contributed by atoms with Crippen LogP contribution in [0.25, 0.3) is 0 Å². The second-order valence-electron chi connectivity index (χ2n) is 5.25. The number of piperidine rings is 1. The van der Waals surface area contributed by atoms with Gasteiger partial charge in [0.25, 0.3) is 0 Å². The number of nitrogens with zero attached hydrogens (tertiary/aromatic N) is 1. The Balaban J connectivity index is 2.02. The van der Waals surface area contributed by atoms with Crippen LogP contribution in [-0.4, -0.2) is 35.8 Å². The molecule has 1 heterocycles. The van der Waals surface area contributed by atoms with Gasteiger partial charge in [-0.3, -0.25) is 4.90 Å². The molecule has 0 radical (unpaired) electrons. The molecule has 0 amide bonds. The van der Waals surface area contributed by atoms with Gasteiger partial charge in [0.2, 0.25) is 0 Å². The maximum absolute atomic E-state index is 9.49. The first-order chi connectivity index (χ1) is 8.52. The van der Waals surface area contributed by atoms with Crippen LogP contribution in [0, 0.1) is 0 Å². The highest BCUT2D eigenvalue weighted by Crippen LogP contribution is 2.28. The Kier molecular flexibility index (Phi) is 4.30. The third-order valence-electron chi connectivity index (χ3n) is 3.65. The number of hydrogen-bond donors (Lipinski definition) is 1. The summed E-state index contributed by atoms with van der Waals surface area (Å²) >= 11 is 3.35. The average Bonchev–Trinajstić information content (AvgIpc) is 2.34. The van der Waals surface area contributed by atoms with Crippen molar-refractivity contribution in [2.24, 2.45) is 0 Å². The fourth-order valence-corrected chi connectivity index (χ4v) is 2.94. The molecule has 0 spiro atoms. The van der Waals surface area contributed by atoms with Gasteiger partial charge >= 0.3 is 0 Å². The Morgan fingerprint density at radius 2 is 2.28 bits per heavy atom. The van der Waals surface area contributed by atoms with Gasteiger partial charge in [-0.2, -0.15) is 0 Å². The molecule has 18 heavy (non-hydrogen) atoms. The number of ether oxygens (including phenoxy) is 1. The summed E-state index contributed by atoms with van der Waals surface area (Å²) in [5.41, 5.74) is 1.19. The Bertz CT molecular complexity index is 424. The predicted molar refractivity (Wildman–Crippen MR) is 75.7 cm³/mol. The standard InChI is InChI=1S/C14H20BrNO2/c1-14(18-2)6-3-7-16(10-14)9-11-4-5-13(17)12(15)8-11/h4-5,8,17H,3,6-7,9-10H2,1-2H3. The molecule has 1 saturated heterocycles. The van der Waals surface area contributed by atoms with Gasteiger partial charge in [-0.1, -0.05) is 6.07 Å². The number of methoxy groups -OCH3 is 1. The molecule has 100 valence electrons. The van der Waals surface area contributed by atoms with Gasteiger partial charge in [0.15, 0.2) is 0 Å². The zero-order valence-electron chi connectivity index (χ0n) is 10.9. The molecule has 1 aliphatic rings. The van der Waals surface area contributed by atoms with Crippen LogP contribution in [0.3, 0.4) is 0 Å². The summed E-state index contributed by atoms with van der Waals surface area (Å²) in [6.45, 7) is 5.14. The van der Waals surface area contributed by atoms with Crippen LogP contribution in [0.2, 0.25) is 0 Å². The lowest BCUT2D eigenvalue weighted by molar-refractivity contribution is -0.0527. The Morgan fingerprint density at radius 3 is 2.94 bits per heavy atom. The highest BCUT2D eigenvalue weighted by Gasteiger charge is 2.30. The van der Waals surface area contributed by atoms with Gasteiger partial charge in [0, 0.05) is 20.2 Å². The van der Waals surface area contributed by atoms with Crippen molar-refractivity contribution in [2.45, 2.75) is 31.9 Å². The zero-order chi connectivity index (χ0) is 13.2. The van der Waals surface area contributed by atoms with Crippen LogP contribution in [0.5, 0.6) is 5.75 Å². The SMILES string of the molecule is COC1(C)CCCN(Cc2ccc(O)c(Br)c2)C1. The third-order valence-corrected chi connectivity index (χ3v) is 4.28. The van der Waals surface area contributed by atoms with Crippen molar-refractivity contribution >= 4 is 15.9 Å². The number of hydrogen-bond acceptors (Lipinski definition) is 3. The molecule has 0 aromatic heterocycles. The molecular formula is C14H20BrNO2. The highest BCUT2D eigenvalue weighted by atomic mass is 79.9. The lowest BCUT2D eigenvalue weighted by atomic mass is 9.94. The topological polar surface area (TPSA) is 32.7 Å². The van der Waals surface area contributed by atoms with Gasteiger partial charge in [0.05, 0.1) is 10.1 Å². The molecule has 1 fully saturated rings. The number of benzene rings is 1. The van der Waals surface area contributed by atoms with E-state index in [9.17, 15) is 5.11 Å². The fourth-order valence-electron chi connectivity index (χ4n) is 2.52. The third kappa shape index (κ3) is 3.25. The van der Waals surface area contributed by atoms with E-state index in [2.05, 4.69) is 27.8 Å². The number of likely N-dealkylation sites (tertiary alicyclic amines) is 1. The van der Waals surface area contributed by atoms with Crippen LogP contribution < -0.4 is 0 Å². The summed E-state index contributed by atoms with van der Waals surface area (Å²) in [5.74, 6) is 0.291. The summed E-state index contributed by atoms with van der Waals surface area (Å²) in [6.07, 6.45) is 2.29. The summed E-state index contributed by atoms with van der Waals surface area (Å²) in [7, 11) is 1.79. The smallest absolute Gasteiger partial charge is 0.129 e. The lowest BCUT2D eigenvalue weighted by Crippen LogP contribution is -2.46. The molecule has 0 saturated carbocycles. The minimum absolute atomic E-state index is 0.0214. The van der Waals surface area contributed by atoms with Crippen LogP contribution in [0.4, 0.5) is 0 Å². The zero-order valence-corrected chi connectivity index (χ0v) is 12.5. The molecule has 0 aliphatic carbocycles. The molecule has 1 aromatic carbocycles. The Morgan fingerprint density at radius 1 is 1.50 bits per heavy atom. The van der Waals surface area contributed by atoms with Gasteiger partial charge in [-0.25, -0.2) is 0 Å². The monoisotopic (exact) mass is 313 g/mol. The minimum Gasteiger partial charge on any atom is -0.507 e. The van der Waals surface area contributed by atoms with E-state index in [-0.39, 0.29) is 5.60 Å². The normalized spacial score (nSPS) is 25.3. The number of aromatic hydroxyl groups is 1. The molecule has 1 atom stereocenters. The number of rotatable bonds is 3. The van der Waals surface area contributed by atoms with Crippen molar-refractivity contribution in [1.82, 2.24) is 4.90 Å². The fraction of sp³-hybridized carbons (Fsp3) is 0.571. The first-order valence-electron chi connectivity index (χ1n) is 6.27. The van der Waals surface area contributed by atoms with E-state index in [1.54, 1.807) is 13.2 Å². The number of phenolic OH excluding ortho intramolecular Hbond substituents is 1. The lowest BCUT2D eigenvalue weighted by Gasteiger charge is -2.39. The van der Waals surface area contributed by atoms with E-state index < -0.39 is 0 Å². The van der Waals surface area contributed by atoms with E-state index in [0.717, 1.165) is 30.5 Å². The molecule has 0 bridgehead atoms. The maximum atomic E-state index is 9.49. The molecule has 1 unspecified atom stereocenters. The van der Waals surface area contributed by atoms with Crippen LogP contribution in [0.1, 0.15) is 25.3 Å². The first kappa shape index (κ1) is 13.8. The largest absolute Gasteiger partial charge is 0.507 e. The molecule has 2 rings (SSSR count). The Labute approximate surface area is 117 Å². The molecule has 1 aliphatic heterocycles. The van der Waals surface area contributed by atoms with Crippen LogP contribution in [-0.2, 0) is 11.3 Å². The van der Waals surface area contributed by atoms with Crippen molar-refractivity contribution in [3.05, 3.63) is 28.2 Å². The average molecular weight is 314 g/mol.